The second-order valence-corrected chi connectivity index (χ2v) is 5.71. The van der Waals surface area contributed by atoms with Crippen LogP contribution in [0.5, 0.6) is 0 Å². The third kappa shape index (κ3) is 7.52. The Hall–Kier alpha value is -1.53. The molecule has 0 aromatic carbocycles. The van der Waals surface area contributed by atoms with E-state index in [1.807, 2.05) is 12.1 Å². The van der Waals surface area contributed by atoms with Gasteiger partial charge in [-0.25, -0.2) is 0 Å². The Morgan fingerprint density at radius 3 is 3.00 bits per heavy atom. The van der Waals surface area contributed by atoms with Crippen LogP contribution < -0.4 is 10.6 Å². The first-order valence-corrected chi connectivity index (χ1v) is 8.53. The lowest BCUT2D eigenvalue weighted by molar-refractivity contribution is 0.0224. The first-order chi connectivity index (χ1) is 11.4. The highest BCUT2D eigenvalue weighted by molar-refractivity contribution is 5.79. The van der Waals surface area contributed by atoms with Gasteiger partial charge in [-0.1, -0.05) is 0 Å². The molecule has 23 heavy (non-hydrogen) atoms. The number of guanidine groups is 1. The molecule has 2 rings (SSSR count). The number of aliphatic imine (C=N–C) groups is 1. The Kier molecular flexibility index (Phi) is 8.58. The van der Waals surface area contributed by atoms with Gasteiger partial charge in [-0.15, -0.1) is 0 Å². The highest BCUT2D eigenvalue weighted by Crippen LogP contribution is 2.12. The standard InChI is InChI=1S/C17H29N3O3/c1-21-11-5-9-18-17(19-10-8-15-7-4-13-22-15)20-14-16-6-2-3-12-23-16/h4,7,13,16H,2-3,5-6,8-12,14H2,1H3,(H2,18,19,20). The van der Waals surface area contributed by atoms with Gasteiger partial charge in [0, 0.05) is 39.8 Å². The maximum absolute atomic E-state index is 5.74. The van der Waals surface area contributed by atoms with Crippen molar-refractivity contribution in [3.05, 3.63) is 24.2 Å². The second kappa shape index (κ2) is 11.1. The molecule has 0 aliphatic carbocycles. The zero-order chi connectivity index (χ0) is 16.2. The molecule has 1 unspecified atom stereocenters. The van der Waals surface area contributed by atoms with E-state index in [-0.39, 0.29) is 6.10 Å². The summed E-state index contributed by atoms with van der Waals surface area (Å²) in [6, 6.07) is 3.90. The number of hydrogen-bond donors (Lipinski definition) is 2. The molecule has 1 aromatic rings. The Balaban J connectivity index is 1.74. The summed E-state index contributed by atoms with van der Waals surface area (Å²) in [7, 11) is 1.72. The van der Waals surface area contributed by atoms with E-state index in [1.165, 1.54) is 12.8 Å². The third-order valence-electron chi connectivity index (χ3n) is 3.79. The lowest BCUT2D eigenvalue weighted by Gasteiger charge is -2.21. The van der Waals surface area contributed by atoms with Gasteiger partial charge in [-0.2, -0.15) is 0 Å². The third-order valence-corrected chi connectivity index (χ3v) is 3.79. The van der Waals surface area contributed by atoms with Crippen LogP contribution in [0, 0.1) is 0 Å². The zero-order valence-electron chi connectivity index (χ0n) is 14.1. The van der Waals surface area contributed by atoms with Crippen LogP contribution in [-0.2, 0) is 15.9 Å². The topological polar surface area (TPSA) is 68.0 Å². The molecule has 0 saturated carbocycles. The number of nitrogens with one attached hydrogen (secondary N) is 2. The molecule has 6 heteroatoms. The van der Waals surface area contributed by atoms with Gasteiger partial charge in [0.2, 0.25) is 0 Å². The minimum Gasteiger partial charge on any atom is -0.469 e. The minimum atomic E-state index is 0.256. The van der Waals surface area contributed by atoms with E-state index in [0.29, 0.717) is 6.54 Å². The van der Waals surface area contributed by atoms with E-state index in [0.717, 1.165) is 57.3 Å². The van der Waals surface area contributed by atoms with Crippen LogP contribution in [0.1, 0.15) is 31.4 Å². The number of nitrogens with zero attached hydrogens (tertiary/aromatic N) is 1. The van der Waals surface area contributed by atoms with E-state index in [4.69, 9.17) is 13.9 Å². The highest BCUT2D eigenvalue weighted by atomic mass is 16.5. The minimum absolute atomic E-state index is 0.256. The van der Waals surface area contributed by atoms with Crippen molar-refractivity contribution in [1.29, 1.82) is 0 Å². The van der Waals surface area contributed by atoms with E-state index < -0.39 is 0 Å². The predicted octanol–water partition coefficient (Wildman–Crippen LogP) is 1.96. The fraction of sp³-hybridized carbons (Fsp3) is 0.706. The number of hydrogen-bond acceptors (Lipinski definition) is 4. The largest absolute Gasteiger partial charge is 0.469 e. The van der Waals surface area contributed by atoms with Gasteiger partial charge < -0.3 is 24.5 Å². The SMILES string of the molecule is COCCCNC(=NCC1CCCCO1)NCCc1ccco1. The number of ether oxygens (including phenoxy) is 2. The molecule has 0 bridgehead atoms. The number of methoxy groups -OCH3 is 1. The van der Waals surface area contributed by atoms with Crippen LogP contribution in [0.3, 0.4) is 0 Å². The van der Waals surface area contributed by atoms with Crippen LogP contribution in [-0.4, -0.2) is 52.0 Å². The summed E-state index contributed by atoms with van der Waals surface area (Å²) < 4.78 is 16.2. The summed E-state index contributed by atoms with van der Waals surface area (Å²) >= 11 is 0. The lowest BCUT2D eigenvalue weighted by Crippen LogP contribution is -2.40. The molecule has 0 radical (unpaired) electrons. The molecule has 130 valence electrons. The molecular weight excluding hydrogens is 294 g/mol. The molecule has 1 atom stereocenters. The van der Waals surface area contributed by atoms with Crippen molar-refractivity contribution in [3.8, 4) is 0 Å². The van der Waals surface area contributed by atoms with Crippen molar-refractivity contribution < 1.29 is 13.9 Å². The zero-order valence-corrected chi connectivity index (χ0v) is 14.1. The molecule has 1 fully saturated rings. The Morgan fingerprint density at radius 1 is 1.35 bits per heavy atom. The van der Waals surface area contributed by atoms with Crippen molar-refractivity contribution in [2.75, 3.05) is 40.0 Å². The van der Waals surface area contributed by atoms with Gasteiger partial charge in [0.15, 0.2) is 5.96 Å². The normalized spacial score (nSPS) is 18.8. The van der Waals surface area contributed by atoms with Crippen LogP contribution in [0.15, 0.2) is 27.8 Å². The van der Waals surface area contributed by atoms with Gasteiger partial charge in [0.25, 0.3) is 0 Å². The maximum atomic E-state index is 5.74. The molecule has 2 heterocycles. The summed E-state index contributed by atoms with van der Waals surface area (Å²) in [5.74, 6) is 1.81. The van der Waals surface area contributed by atoms with Crippen LogP contribution in [0.2, 0.25) is 0 Å². The summed E-state index contributed by atoms with van der Waals surface area (Å²) in [4.78, 5) is 4.66. The highest BCUT2D eigenvalue weighted by Gasteiger charge is 2.13. The van der Waals surface area contributed by atoms with Crippen molar-refractivity contribution in [3.63, 3.8) is 0 Å². The number of rotatable bonds is 9. The molecule has 1 aromatic heterocycles. The van der Waals surface area contributed by atoms with Gasteiger partial charge in [0.05, 0.1) is 18.9 Å². The Bertz CT molecular complexity index is 428. The van der Waals surface area contributed by atoms with E-state index in [1.54, 1.807) is 13.4 Å². The molecule has 1 aliphatic heterocycles. The molecule has 2 N–H and O–H groups in total. The predicted molar refractivity (Wildman–Crippen MR) is 90.8 cm³/mol. The first kappa shape index (κ1) is 17.8. The van der Waals surface area contributed by atoms with Crippen molar-refractivity contribution in [2.24, 2.45) is 4.99 Å². The fourth-order valence-corrected chi connectivity index (χ4v) is 2.50. The Morgan fingerprint density at radius 2 is 2.26 bits per heavy atom. The monoisotopic (exact) mass is 323 g/mol. The summed E-state index contributed by atoms with van der Waals surface area (Å²) in [5.41, 5.74) is 0. The van der Waals surface area contributed by atoms with Crippen LogP contribution >= 0.6 is 0 Å². The van der Waals surface area contributed by atoms with Gasteiger partial charge in [-0.05, 0) is 37.8 Å². The molecule has 0 spiro atoms. The maximum Gasteiger partial charge on any atom is 0.191 e. The van der Waals surface area contributed by atoms with E-state index >= 15 is 0 Å². The first-order valence-electron chi connectivity index (χ1n) is 8.53. The molecule has 1 saturated heterocycles. The molecule has 6 nitrogen and oxygen atoms in total. The lowest BCUT2D eigenvalue weighted by atomic mass is 10.1. The van der Waals surface area contributed by atoms with Crippen LogP contribution in [0.4, 0.5) is 0 Å². The van der Waals surface area contributed by atoms with Gasteiger partial charge in [-0.3, -0.25) is 4.99 Å². The molecular formula is C17H29N3O3. The van der Waals surface area contributed by atoms with E-state index in [9.17, 15) is 0 Å². The average Bonchev–Trinajstić information content (AvgIpc) is 3.10. The average molecular weight is 323 g/mol. The quantitative estimate of drug-likeness (QED) is 0.413. The van der Waals surface area contributed by atoms with Gasteiger partial charge in [0.1, 0.15) is 5.76 Å². The van der Waals surface area contributed by atoms with Crippen LogP contribution in [0.25, 0.3) is 0 Å². The van der Waals surface area contributed by atoms with Crippen molar-refractivity contribution in [2.45, 2.75) is 38.2 Å². The molecule has 1 aliphatic rings. The van der Waals surface area contributed by atoms with Crippen molar-refractivity contribution in [1.82, 2.24) is 10.6 Å². The smallest absolute Gasteiger partial charge is 0.191 e. The molecule has 0 amide bonds. The number of furan rings is 1. The summed E-state index contributed by atoms with van der Waals surface area (Å²) in [6.45, 7) is 3.95. The van der Waals surface area contributed by atoms with Crippen molar-refractivity contribution >= 4 is 5.96 Å². The van der Waals surface area contributed by atoms with Gasteiger partial charge >= 0.3 is 0 Å². The Labute approximate surface area is 138 Å². The second-order valence-electron chi connectivity index (χ2n) is 5.71. The van der Waals surface area contributed by atoms with E-state index in [2.05, 4.69) is 15.6 Å². The fourth-order valence-electron chi connectivity index (χ4n) is 2.50. The summed E-state index contributed by atoms with van der Waals surface area (Å²) in [6.07, 6.45) is 7.26. The summed E-state index contributed by atoms with van der Waals surface area (Å²) in [5, 5.41) is 6.70.